The molecule has 1 spiro atoms. The fourth-order valence-electron chi connectivity index (χ4n) is 4.45. The Hall–Kier alpha value is -1.82. The quantitative estimate of drug-likeness (QED) is 0.744. The van der Waals surface area contributed by atoms with Crippen LogP contribution >= 0.6 is 0 Å². The molecule has 3 nitrogen and oxygen atoms in total. The summed E-state index contributed by atoms with van der Waals surface area (Å²) < 4.78 is 37.9. The zero-order valence-corrected chi connectivity index (χ0v) is 17.0. The normalized spacial score (nSPS) is 21.4. The molecule has 1 saturated heterocycles. The molecule has 4 rings (SSSR count). The summed E-state index contributed by atoms with van der Waals surface area (Å²) in [5, 5.41) is 3.27. The van der Waals surface area contributed by atoms with Crippen molar-refractivity contribution in [2.24, 2.45) is 5.41 Å². The number of carbonyl (C=O) groups is 1. The third-order valence-electron chi connectivity index (χ3n) is 6.16. The summed E-state index contributed by atoms with van der Waals surface area (Å²) in [6.45, 7) is 4.03. The van der Waals surface area contributed by atoms with Gasteiger partial charge in [-0.2, -0.15) is 13.2 Å². The lowest BCUT2D eigenvalue weighted by atomic mass is 9.60. The van der Waals surface area contributed by atoms with Crippen molar-refractivity contribution in [1.29, 1.82) is 0 Å². The molecule has 2 saturated carbocycles. The van der Waals surface area contributed by atoms with Crippen molar-refractivity contribution in [2.45, 2.75) is 70.1 Å². The number of amides is 1. The molecule has 2 aliphatic carbocycles. The highest BCUT2D eigenvalue weighted by molar-refractivity contribution is 5.83. The number of benzene rings is 1. The highest BCUT2D eigenvalue weighted by Gasteiger charge is 2.55. The van der Waals surface area contributed by atoms with E-state index in [9.17, 15) is 18.0 Å². The van der Waals surface area contributed by atoms with E-state index in [1.165, 1.54) is 5.56 Å². The maximum Gasteiger partial charge on any atom is 0.471 e. The summed E-state index contributed by atoms with van der Waals surface area (Å²) in [5.74, 6) is -1.62. The Kier molecular flexibility index (Phi) is 7.04. The zero-order chi connectivity index (χ0) is 20.9. The molecule has 1 aliphatic heterocycles. The monoisotopic (exact) mass is 408 g/mol. The number of nitrogens with one attached hydrogen (secondary N) is 1. The van der Waals surface area contributed by atoms with E-state index >= 15 is 0 Å². The summed E-state index contributed by atoms with van der Waals surface area (Å²) in [6.07, 6.45) is 5.72. The lowest BCUT2D eigenvalue weighted by molar-refractivity contribution is -0.193. The highest BCUT2D eigenvalue weighted by Crippen LogP contribution is 2.52. The molecule has 0 atom stereocenters. The van der Waals surface area contributed by atoms with Crippen molar-refractivity contribution in [2.75, 3.05) is 13.1 Å². The number of nitrogens with zero attached hydrogens (tertiary/aromatic N) is 1. The van der Waals surface area contributed by atoms with Crippen LogP contribution in [0.15, 0.2) is 36.4 Å². The van der Waals surface area contributed by atoms with Crippen LogP contribution in [0.4, 0.5) is 13.2 Å². The first-order chi connectivity index (χ1) is 13.8. The SMILES string of the molecule is CC/C=C\c1ccccc1.O=C(N(C1CC1)C1CC2(CCNCC2)C1)C(F)(F)F. The van der Waals surface area contributed by atoms with Crippen LogP contribution in [0, 0.1) is 5.41 Å². The largest absolute Gasteiger partial charge is 0.471 e. The second kappa shape index (κ2) is 9.33. The van der Waals surface area contributed by atoms with Gasteiger partial charge in [-0.15, -0.1) is 0 Å². The first-order valence-corrected chi connectivity index (χ1v) is 10.7. The third kappa shape index (κ3) is 5.84. The fraction of sp³-hybridized carbons (Fsp3) is 0.609. The van der Waals surface area contributed by atoms with Gasteiger partial charge in [0, 0.05) is 12.1 Å². The van der Waals surface area contributed by atoms with Crippen LogP contribution < -0.4 is 5.32 Å². The Balaban J connectivity index is 0.000000204. The van der Waals surface area contributed by atoms with Crippen molar-refractivity contribution in [1.82, 2.24) is 10.2 Å². The molecule has 1 heterocycles. The van der Waals surface area contributed by atoms with Crippen LogP contribution in [-0.4, -0.2) is 42.2 Å². The minimum Gasteiger partial charge on any atom is -0.329 e. The molecule has 160 valence electrons. The maximum atomic E-state index is 12.6. The average molecular weight is 409 g/mol. The number of alkyl halides is 3. The first-order valence-electron chi connectivity index (χ1n) is 10.7. The number of halogens is 3. The van der Waals surface area contributed by atoms with Gasteiger partial charge >= 0.3 is 12.1 Å². The summed E-state index contributed by atoms with van der Waals surface area (Å²) >= 11 is 0. The Morgan fingerprint density at radius 2 is 1.76 bits per heavy atom. The van der Waals surface area contributed by atoms with Crippen LogP contribution in [0.3, 0.4) is 0 Å². The molecule has 29 heavy (non-hydrogen) atoms. The van der Waals surface area contributed by atoms with Crippen LogP contribution in [0.5, 0.6) is 0 Å². The van der Waals surface area contributed by atoms with Gasteiger partial charge in [-0.25, -0.2) is 0 Å². The Bertz CT molecular complexity index is 684. The van der Waals surface area contributed by atoms with E-state index in [0.717, 1.165) is 62.9 Å². The minimum absolute atomic E-state index is 0.154. The zero-order valence-electron chi connectivity index (χ0n) is 17.0. The van der Waals surface area contributed by atoms with E-state index in [4.69, 9.17) is 0 Å². The first kappa shape index (κ1) is 21.9. The fourth-order valence-corrected chi connectivity index (χ4v) is 4.45. The number of rotatable bonds is 4. The van der Waals surface area contributed by atoms with Crippen molar-refractivity contribution in [3.63, 3.8) is 0 Å². The number of hydrogen-bond acceptors (Lipinski definition) is 2. The average Bonchev–Trinajstić information content (AvgIpc) is 3.52. The van der Waals surface area contributed by atoms with Crippen LogP contribution in [0.2, 0.25) is 0 Å². The van der Waals surface area contributed by atoms with Crippen LogP contribution in [0.1, 0.15) is 57.4 Å². The van der Waals surface area contributed by atoms with Gasteiger partial charge in [-0.05, 0) is 69.0 Å². The second-order valence-corrected chi connectivity index (χ2v) is 8.47. The van der Waals surface area contributed by atoms with Gasteiger partial charge < -0.3 is 10.2 Å². The van der Waals surface area contributed by atoms with Gasteiger partial charge in [0.1, 0.15) is 0 Å². The van der Waals surface area contributed by atoms with E-state index in [-0.39, 0.29) is 17.5 Å². The number of carbonyl (C=O) groups excluding carboxylic acids is 1. The molecule has 0 radical (unpaired) electrons. The van der Waals surface area contributed by atoms with Crippen molar-refractivity contribution in [3.8, 4) is 0 Å². The molecule has 3 aliphatic rings. The molecule has 1 amide bonds. The predicted molar refractivity (Wildman–Crippen MR) is 109 cm³/mol. The molecule has 0 bridgehead atoms. The van der Waals surface area contributed by atoms with Gasteiger partial charge in [0.05, 0.1) is 0 Å². The van der Waals surface area contributed by atoms with E-state index in [2.05, 4.69) is 48.7 Å². The van der Waals surface area contributed by atoms with E-state index in [1.807, 2.05) is 6.07 Å². The maximum absolute atomic E-state index is 12.6. The standard InChI is InChI=1S/C13H19F3N2O.C10H12/c14-13(15,16)11(19)18(9-1-2-9)10-7-12(8-10)3-5-17-6-4-12;1-2-3-7-10-8-5-4-6-9-10/h9-10,17H,1-8H2;3-9H,2H2,1H3/b;7-3-. The molecule has 6 heteroatoms. The molecular weight excluding hydrogens is 377 g/mol. The van der Waals surface area contributed by atoms with Gasteiger partial charge in [-0.3, -0.25) is 4.79 Å². The predicted octanol–water partition coefficient (Wildman–Crippen LogP) is 5.18. The van der Waals surface area contributed by atoms with Gasteiger partial charge in [0.2, 0.25) is 0 Å². The van der Waals surface area contributed by atoms with Crippen LogP contribution in [-0.2, 0) is 4.79 Å². The number of hydrogen-bond donors (Lipinski definition) is 1. The van der Waals surface area contributed by atoms with Crippen LogP contribution in [0.25, 0.3) is 6.08 Å². The summed E-state index contributed by atoms with van der Waals surface area (Å²) in [7, 11) is 0. The Labute approximate surface area is 171 Å². The summed E-state index contributed by atoms with van der Waals surface area (Å²) in [4.78, 5) is 12.7. The minimum atomic E-state index is -4.72. The number of allylic oxidation sites excluding steroid dienone is 1. The highest BCUT2D eigenvalue weighted by atomic mass is 19.4. The molecule has 1 N–H and O–H groups in total. The molecule has 1 aromatic carbocycles. The third-order valence-corrected chi connectivity index (χ3v) is 6.16. The lowest BCUT2D eigenvalue weighted by Gasteiger charge is -2.54. The topological polar surface area (TPSA) is 32.3 Å². The van der Waals surface area contributed by atoms with Gasteiger partial charge in [-0.1, -0.05) is 49.4 Å². The Morgan fingerprint density at radius 1 is 1.14 bits per heavy atom. The Morgan fingerprint density at radius 3 is 2.28 bits per heavy atom. The number of piperidine rings is 1. The molecular formula is C23H31F3N2O. The van der Waals surface area contributed by atoms with Crippen molar-refractivity contribution in [3.05, 3.63) is 42.0 Å². The van der Waals surface area contributed by atoms with E-state index in [1.54, 1.807) is 0 Å². The lowest BCUT2D eigenvalue weighted by Crippen LogP contribution is -2.58. The van der Waals surface area contributed by atoms with Gasteiger partial charge in [0.25, 0.3) is 0 Å². The smallest absolute Gasteiger partial charge is 0.329 e. The van der Waals surface area contributed by atoms with Gasteiger partial charge in [0.15, 0.2) is 0 Å². The summed E-state index contributed by atoms with van der Waals surface area (Å²) in [5.41, 5.74) is 1.49. The molecule has 1 aromatic rings. The second-order valence-electron chi connectivity index (χ2n) is 8.47. The van der Waals surface area contributed by atoms with E-state index in [0.29, 0.717) is 0 Å². The molecule has 0 aromatic heterocycles. The van der Waals surface area contributed by atoms with E-state index < -0.39 is 12.1 Å². The summed E-state index contributed by atoms with van der Waals surface area (Å²) in [6, 6.07) is 10.0. The molecule has 3 fully saturated rings. The van der Waals surface area contributed by atoms with Crippen molar-refractivity contribution < 1.29 is 18.0 Å². The van der Waals surface area contributed by atoms with Crippen molar-refractivity contribution >= 4 is 12.0 Å². The molecule has 0 unspecified atom stereocenters.